The smallest absolute Gasteiger partial charge is 0.0547 e. The van der Waals surface area contributed by atoms with Crippen LogP contribution in [-0.4, -0.2) is 23.5 Å². The number of nitrogens with one attached hydrogen (secondary N) is 1. The van der Waals surface area contributed by atoms with E-state index in [9.17, 15) is 0 Å². The van der Waals surface area contributed by atoms with Crippen LogP contribution in [0, 0.1) is 0 Å². The Labute approximate surface area is 133 Å². The summed E-state index contributed by atoms with van der Waals surface area (Å²) in [4.78, 5) is 8.34. The average Bonchev–Trinajstić information content (AvgIpc) is 2.82. The summed E-state index contributed by atoms with van der Waals surface area (Å²) < 4.78 is 1.16. The zero-order chi connectivity index (χ0) is 14.4. The van der Waals surface area contributed by atoms with Gasteiger partial charge >= 0.3 is 0 Å². The van der Waals surface area contributed by atoms with Crippen LogP contribution < -0.4 is 5.32 Å². The van der Waals surface area contributed by atoms with E-state index in [1.807, 2.05) is 0 Å². The number of thiophene rings is 1. The van der Waals surface area contributed by atoms with E-state index < -0.39 is 0 Å². The highest BCUT2D eigenvalue weighted by molar-refractivity contribution is 9.10. The molecule has 2 aromatic rings. The van der Waals surface area contributed by atoms with Crippen molar-refractivity contribution >= 4 is 27.3 Å². The summed E-state index contributed by atoms with van der Waals surface area (Å²) in [5, 5.41) is 5.43. The highest BCUT2D eigenvalue weighted by atomic mass is 79.9. The summed E-state index contributed by atoms with van der Waals surface area (Å²) in [5.74, 6) is 0. The Hall–Kier alpha value is -0.750. The lowest BCUT2D eigenvalue weighted by Crippen LogP contribution is -2.18. The minimum absolute atomic E-state index is 0.839. The third kappa shape index (κ3) is 4.98. The molecule has 0 aromatic carbocycles. The van der Waals surface area contributed by atoms with Gasteiger partial charge in [0.05, 0.1) is 11.4 Å². The van der Waals surface area contributed by atoms with E-state index in [0.29, 0.717) is 0 Å². The van der Waals surface area contributed by atoms with Crippen LogP contribution in [0.25, 0.3) is 0 Å². The van der Waals surface area contributed by atoms with Gasteiger partial charge in [-0.05, 0) is 47.7 Å². The molecule has 3 nitrogen and oxygen atoms in total. The molecule has 0 fully saturated rings. The maximum atomic E-state index is 4.69. The van der Waals surface area contributed by atoms with E-state index in [0.717, 1.165) is 42.0 Å². The molecule has 0 bridgehead atoms. The first-order chi connectivity index (χ1) is 9.67. The first-order valence-corrected chi connectivity index (χ1v) is 8.41. The highest BCUT2D eigenvalue weighted by Crippen LogP contribution is 2.21. The fraction of sp³-hybridized carbons (Fsp3) is 0.400. The molecule has 0 saturated carbocycles. The van der Waals surface area contributed by atoms with Gasteiger partial charge in [0.25, 0.3) is 0 Å². The van der Waals surface area contributed by atoms with Crippen molar-refractivity contribution in [2.24, 2.45) is 0 Å². The molecule has 0 atom stereocenters. The van der Waals surface area contributed by atoms with Gasteiger partial charge in [0.2, 0.25) is 0 Å². The molecular formula is C15H20BrN3S. The maximum absolute atomic E-state index is 4.69. The third-order valence-electron chi connectivity index (χ3n) is 2.90. The van der Waals surface area contributed by atoms with Crippen LogP contribution >= 0.6 is 27.3 Å². The van der Waals surface area contributed by atoms with Crippen LogP contribution in [-0.2, 0) is 19.6 Å². The molecule has 0 aliphatic carbocycles. The fourth-order valence-electron chi connectivity index (χ4n) is 2.00. The summed E-state index contributed by atoms with van der Waals surface area (Å²) >= 11 is 5.28. The highest BCUT2D eigenvalue weighted by Gasteiger charge is 2.05. The molecule has 108 valence electrons. The standard InChI is InChI=1S/C15H20BrN3S/c1-3-17-8-13-5-4-6-14(18-13)9-19(2)10-15-7-12(16)11-20-15/h4-7,11,17H,3,8-10H2,1-2H3. The van der Waals surface area contributed by atoms with Gasteiger partial charge in [-0.25, -0.2) is 0 Å². The molecule has 0 saturated heterocycles. The van der Waals surface area contributed by atoms with E-state index >= 15 is 0 Å². The lowest BCUT2D eigenvalue weighted by atomic mass is 10.3. The van der Waals surface area contributed by atoms with Gasteiger partial charge in [-0.2, -0.15) is 0 Å². The van der Waals surface area contributed by atoms with Gasteiger partial charge < -0.3 is 5.32 Å². The van der Waals surface area contributed by atoms with E-state index in [1.54, 1.807) is 11.3 Å². The third-order valence-corrected chi connectivity index (χ3v) is 4.58. The van der Waals surface area contributed by atoms with Crippen molar-refractivity contribution in [2.75, 3.05) is 13.6 Å². The van der Waals surface area contributed by atoms with Crippen molar-refractivity contribution in [3.05, 3.63) is 50.4 Å². The Morgan fingerprint density at radius 2 is 2.10 bits per heavy atom. The van der Waals surface area contributed by atoms with Gasteiger partial charge in [0.15, 0.2) is 0 Å². The van der Waals surface area contributed by atoms with E-state index in [1.165, 1.54) is 4.88 Å². The second kappa shape index (κ2) is 7.88. The van der Waals surface area contributed by atoms with E-state index in [2.05, 4.69) is 74.7 Å². The predicted octanol–water partition coefficient (Wildman–Crippen LogP) is 3.65. The molecule has 0 aliphatic rings. The van der Waals surface area contributed by atoms with Crippen LogP contribution in [0.3, 0.4) is 0 Å². The number of hydrogen-bond donors (Lipinski definition) is 1. The van der Waals surface area contributed by atoms with E-state index in [-0.39, 0.29) is 0 Å². The molecular weight excluding hydrogens is 334 g/mol. The SMILES string of the molecule is CCNCc1cccc(CN(C)Cc2cc(Br)cs2)n1. The second-order valence-corrected chi connectivity index (χ2v) is 6.72. The van der Waals surface area contributed by atoms with Gasteiger partial charge in [0.1, 0.15) is 0 Å². The van der Waals surface area contributed by atoms with Crippen LogP contribution in [0.5, 0.6) is 0 Å². The topological polar surface area (TPSA) is 28.2 Å². The number of rotatable bonds is 7. The van der Waals surface area contributed by atoms with Crippen molar-refractivity contribution in [1.29, 1.82) is 0 Å². The molecule has 2 rings (SSSR count). The average molecular weight is 354 g/mol. The largest absolute Gasteiger partial charge is 0.311 e. The fourth-order valence-corrected chi connectivity index (χ4v) is 3.53. The number of halogens is 1. The van der Waals surface area contributed by atoms with Gasteiger partial charge in [-0.1, -0.05) is 13.0 Å². The van der Waals surface area contributed by atoms with Crippen LogP contribution in [0.15, 0.2) is 34.1 Å². The summed E-state index contributed by atoms with van der Waals surface area (Å²) in [5.41, 5.74) is 2.23. The monoisotopic (exact) mass is 353 g/mol. The number of pyridine rings is 1. The van der Waals surface area contributed by atoms with Crippen molar-refractivity contribution in [2.45, 2.75) is 26.6 Å². The minimum atomic E-state index is 0.839. The van der Waals surface area contributed by atoms with E-state index in [4.69, 9.17) is 0 Å². The summed E-state index contributed by atoms with van der Waals surface area (Å²) in [6, 6.07) is 8.43. The zero-order valence-electron chi connectivity index (χ0n) is 11.9. The lowest BCUT2D eigenvalue weighted by molar-refractivity contribution is 0.317. The molecule has 20 heavy (non-hydrogen) atoms. The summed E-state index contributed by atoms with van der Waals surface area (Å²) in [6.07, 6.45) is 0. The van der Waals surface area contributed by atoms with Crippen molar-refractivity contribution < 1.29 is 0 Å². The van der Waals surface area contributed by atoms with Crippen LogP contribution in [0.4, 0.5) is 0 Å². The maximum Gasteiger partial charge on any atom is 0.0547 e. The van der Waals surface area contributed by atoms with Crippen molar-refractivity contribution in [1.82, 2.24) is 15.2 Å². The second-order valence-electron chi connectivity index (χ2n) is 4.80. The first-order valence-electron chi connectivity index (χ1n) is 6.74. The van der Waals surface area contributed by atoms with Crippen LogP contribution in [0.1, 0.15) is 23.2 Å². The minimum Gasteiger partial charge on any atom is -0.311 e. The molecule has 0 amide bonds. The molecule has 0 unspecified atom stereocenters. The summed E-state index contributed by atoms with van der Waals surface area (Å²) in [6.45, 7) is 5.74. The van der Waals surface area contributed by atoms with Gasteiger partial charge in [-0.15, -0.1) is 11.3 Å². The van der Waals surface area contributed by atoms with Crippen molar-refractivity contribution in [3.63, 3.8) is 0 Å². The lowest BCUT2D eigenvalue weighted by Gasteiger charge is -2.15. The Morgan fingerprint density at radius 3 is 2.80 bits per heavy atom. The molecule has 2 aromatic heterocycles. The number of aromatic nitrogens is 1. The summed E-state index contributed by atoms with van der Waals surface area (Å²) in [7, 11) is 2.13. The molecule has 1 N–H and O–H groups in total. The number of nitrogens with zero attached hydrogens (tertiary/aromatic N) is 2. The zero-order valence-corrected chi connectivity index (χ0v) is 14.3. The van der Waals surface area contributed by atoms with Crippen LogP contribution in [0.2, 0.25) is 0 Å². The Balaban J connectivity index is 1.91. The Kier molecular flexibility index (Phi) is 6.16. The molecule has 0 radical (unpaired) electrons. The molecule has 0 aliphatic heterocycles. The Morgan fingerprint density at radius 1 is 1.30 bits per heavy atom. The Bertz CT molecular complexity index is 541. The van der Waals surface area contributed by atoms with Gasteiger partial charge in [0, 0.05) is 34.4 Å². The molecule has 0 spiro atoms. The van der Waals surface area contributed by atoms with Gasteiger partial charge in [-0.3, -0.25) is 9.88 Å². The molecule has 5 heteroatoms. The predicted molar refractivity (Wildman–Crippen MR) is 88.8 cm³/mol. The molecule has 2 heterocycles. The first kappa shape index (κ1) is 15.6. The normalized spacial score (nSPS) is 11.2. The number of hydrogen-bond acceptors (Lipinski definition) is 4. The quantitative estimate of drug-likeness (QED) is 0.823. The van der Waals surface area contributed by atoms with Crippen molar-refractivity contribution in [3.8, 4) is 0 Å².